The molecule has 0 heterocycles. The number of carbonyl (C=O) groups is 1. The van der Waals surface area contributed by atoms with Crippen molar-refractivity contribution in [2.24, 2.45) is 11.7 Å². The number of hydrogen-bond acceptors (Lipinski definition) is 3. The van der Waals surface area contributed by atoms with Crippen LogP contribution in [0.1, 0.15) is 32.1 Å². The van der Waals surface area contributed by atoms with Gasteiger partial charge in [0, 0.05) is 26.6 Å². The smallest absolute Gasteiger partial charge is 0.234 e. The quantitative estimate of drug-likeness (QED) is 0.650. The first-order valence-corrected chi connectivity index (χ1v) is 5.32. The molecule has 0 aliphatic heterocycles. The third-order valence-electron chi connectivity index (χ3n) is 2.76. The van der Waals surface area contributed by atoms with Gasteiger partial charge in [0.1, 0.15) is 0 Å². The Balaban J connectivity index is 2.31. The molecule has 0 saturated heterocycles. The van der Waals surface area contributed by atoms with Crippen molar-refractivity contribution in [1.82, 2.24) is 10.4 Å². The van der Waals surface area contributed by atoms with Crippen LogP contribution < -0.4 is 11.2 Å². The molecular formula is C10H21N3O. The first-order valence-electron chi connectivity index (χ1n) is 5.32. The van der Waals surface area contributed by atoms with Gasteiger partial charge in [0.2, 0.25) is 5.91 Å². The summed E-state index contributed by atoms with van der Waals surface area (Å²) in [4.78, 5) is 11.5. The Bertz CT molecular complexity index is 194. The second-order valence-corrected chi connectivity index (χ2v) is 4.34. The summed E-state index contributed by atoms with van der Waals surface area (Å²) >= 11 is 0. The highest BCUT2D eigenvalue weighted by molar-refractivity contribution is 5.75. The van der Waals surface area contributed by atoms with Crippen LogP contribution >= 0.6 is 0 Å². The molecule has 0 aromatic heterocycles. The van der Waals surface area contributed by atoms with Crippen molar-refractivity contribution < 1.29 is 4.79 Å². The van der Waals surface area contributed by atoms with E-state index >= 15 is 0 Å². The van der Waals surface area contributed by atoms with E-state index in [4.69, 9.17) is 5.73 Å². The lowest BCUT2D eigenvalue weighted by Crippen LogP contribution is -2.41. The Morgan fingerprint density at radius 1 is 1.43 bits per heavy atom. The molecule has 82 valence electrons. The van der Waals surface area contributed by atoms with E-state index in [1.807, 2.05) is 14.1 Å². The maximum Gasteiger partial charge on any atom is 0.234 e. The third kappa shape index (κ3) is 3.64. The average Bonchev–Trinajstić information content (AvgIpc) is 2.07. The van der Waals surface area contributed by atoms with Crippen LogP contribution in [0, 0.1) is 5.92 Å². The monoisotopic (exact) mass is 199 g/mol. The largest absolute Gasteiger partial charge is 0.327 e. The van der Waals surface area contributed by atoms with Crippen LogP contribution in [0.5, 0.6) is 0 Å². The van der Waals surface area contributed by atoms with Gasteiger partial charge in [-0.1, -0.05) is 12.8 Å². The Kier molecular flexibility index (Phi) is 4.35. The van der Waals surface area contributed by atoms with E-state index in [0.717, 1.165) is 12.8 Å². The molecular weight excluding hydrogens is 178 g/mol. The molecule has 1 amide bonds. The van der Waals surface area contributed by atoms with Crippen molar-refractivity contribution in [2.45, 2.75) is 38.1 Å². The summed E-state index contributed by atoms with van der Waals surface area (Å²) < 4.78 is 0. The zero-order chi connectivity index (χ0) is 10.6. The number of nitrogens with two attached hydrogens (primary N) is 1. The van der Waals surface area contributed by atoms with Crippen molar-refractivity contribution >= 4 is 5.91 Å². The van der Waals surface area contributed by atoms with Crippen LogP contribution in [0.3, 0.4) is 0 Å². The average molecular weight is 199 g/mol. The standard InChI is InChI=1S/C10H21N3O/c1-13(2)12-10(14)7-8-5-3-4-6-9(8)11/h8-9H,3-7,11H2,1-2H3,(H,12,14). The normalized spacial score (nSPS) is 27.7. The molecule has 3 N–H and O–H groups in total. The van der Waals surface area contributed by atoms with Crippen molar-refractivity contribution in [1.29, 1.82) is 0 Å². The highest BCUT2D eigenvalue weighted by atomic mass is 16.2. The zero-order valence-corrected chi connectivity index (χ0v) is 9.12. The maximum absolute atomic E-state index is 11.5. The van der Waals surface area contributed by atoms with Gasteiger partial charge in [0.15, 0.2) is 0 Å². The number of carbonyl (C=O) groups excluding carboxylic acids is 1. The minimum Gasteiger partial charge on any atom is -0.327 e. The van der Waals surface area contributed by atoms with Crippen LogP contribution in [-0.2, 0) is 4.79 Å². The fourth-order valence-corrected chi connectivity index (χ4v) is 2.02. The molecule has 1 rings (SSSR count). The van der Waals surface area contributed by atoms with Crippen LogP contribution in [0.15, 0.2) is 0 Å². The van der Waals surface area contributed by atoms with Crippen molar-refractivity contribution in [3.63, 3.8) is 0 Å². The van der Waals surface area contributed by atoms with E-state index in [9.17, 15) is 4.79 Å². The molecule has 0 spiro atoms. The summed E-state index contributed by atoms with van der Waals surface area (Å²) in [5.41, 5.74) is 8.71. The van der Waals surface area contributed by atoms with Gasteiger partial charge in [-0.15, -0.1) is 0 Å². The first-order chi connectivity index (χ1) is 6.59. The number of hydrogen-bond donors (Lipinski definition) is 2. The SMILES string of the molecule is CN(C)NC(=O)CC1CCCCC1N. The predicted octanol–water partition coefficient (Wildman–Crippen LogP) is 0.487. The fraction of sp³-hybridized carbons (Fsp3) is 0.900. The second-order valence-electron chi connectivity index (χ2n) is 4.34. The van der Waals surface area contributed by atoms with Gasteiger partial charge < -0.3 is 5.73 Å². The number of hydrazine groups is 1. The zero-order valence-electron chi connectivity index (χ0n) is 9.12. The second kappa shape index (κ2) is 5.32. The first kappa shape index (κ1) is 11.5. The number of nitrogens with zero attached hydrogens (tertiary/aromatic N) is 1. The van der Waals surface area contributed by atoms with E-state index in [-0.39, 0.29) is 11.9 Å². The van der Waals surface area contributed by atoms with Crippen LogP contribution in [0.25, 0.3) is 0 Å². The molecule has 0 aromatic rings. The lowest BCUT2D eigenvalue weighted by atomic mass is 9.83. The van der Waals surface area contributed by atoms with Gasteiger partial charge >= 0.3 is 0 Å². The predicted molar refractivity (Wildman–Crippen MR) is 56.4 cm³/mol. The molecule has 4 heteroatoms. The van der Waals surface area contributed by atoms with Crippen molar-refractivity contribution in [2.75, 3.05) is 14.1 Å². The molecule has 1 saturated carbocycles. The van der Waals surface area contributed by atoms with Crippen LogP contribution in [0.2, 0.25) is 0 Å². The summed E-state index contributed by atoms with van der Waals surface area (Å²) in [5.74, 6) is 0.459. The molecule has 0 aromatic carbocycles. The molecule has 1 fully saturated rings. The van der Waals surface area contributed by atoms with E-state index in [1.54, 1.807) is 5.01 Å². The summed E-state index contributed by atoms with van der Waals surface area (Å²) in [5, 5.41) is 1.68. The molecule has 2 unspecified atom stereocenters. The highest BCUT2D eigenvalue weighted by Gasteiger charge is 2.24. The van der Waals surface area contributed by atoms with Crippen LogP contribution in [0.4, 0.5) is 0 Å². The summed E-state index contributed by atoms with van der Waals surface area (Å²) in [6.45, 7) is 0. The number of rotatable bonds is 3. The number of nitrogens with one attached hydrogen (secondary N) is 1. The van der Waals surface area contributed by atoms with Crippen molar-refractivity contribution in [3.05, 3.63) is 0 Å². The summed E-state index contributed by atoms with van der Waals surface area (Å²) in [6.07, 6.45) is 5.17. The van der Waals surface area contributed by atoms with E-state index < -0.39 is 0 Å². The van der Waals surface area contributed by atoms with Gasteiger partial charge in [0.05, 0.1) is 0 Å². The van der Waals surface area contributed by atoms with Gasteiger partial charge in [-0.05, 0) is 18.8 Å². The Labute approximate surface area is 85.8 Å². The molecule has 0 radical (unpaired) electrons. The van der Waals surface area contributed by atoms with E-state index in [1.165, 1.54) is 12.8 Å². The minimum absolute atomic E-state index is 0.0809. The van der Waals surface area contributed by atoms with E-state index in [2.05, 4.69) is 5.43 Å². The fourth-order valence-electron chi connectivity index (χ4n) is 2.02. The van der Waals surface area contributed by atoms with Gasteiger partial charge in [0.25, 0.3) is 0 Å². The van der Waals surface area contributed by atoms with Gasteiger partial charge in [-0.25, -0.2) is 5.01 Å². The highest BCUT2D eigenvalue weighted by Crippen LogP contribution is 2.25. The molecule has 4 nitrogen and oxygen atoms in total. The molecule has 14 heavy (non-hydrogen) atoms. The molecule has 0 bridgehead atoms. The Morgan fingerprint density at radius 2 is 2.07 bits per heavy atom. The topological polar surface area (TPSA) is 58.4 Å². The Morgan fingerprint density at radius 3 is 2.64 bits per heavy atom. The third-order valence-corrected chi connectivity index (χ3v) is 2.76. The van der Waals surface area contributed by atoms with E-state index in [0.29, 0.717) is 12.3 Å². The lowest BCUT2D eigenvalue weighted by Gasteiger charge is -2.28. The van der Waals surface area contributed by atoms with Gasteiger partial charge in [-0.3, -0.25) is 10.2 Å². The van der Waals surface area contributed by atoms with Crippen molar-refractivity contribution in [3.8, 4) is 0 Å². The summed E-state index contributed by atoms with van der Waals surface area (Å²) in [7, 11) is 3.64. The molecule has 1 aliphatic carbocycles. The maximum atomic E-state index is 11.5. The molecule has 1 aliphatic rings. The number of amides is 1. The van der Waals surface area contributed by atoms with Gasteiger partial charge in [-0.2, -0.15) is 0 Å². The van der Waals surface area contributed by atoms with Crippen LogP contribution in [-0.4, -0.2) is 31.1 Å². The Hall–Kier alpha value is -0.610. The minimum atomic E-state index is 0.0809. The summed E-state index contributed by atoms with van der Waals surface area (Å²) in [6, 6.07) is 0.219. The molecule has 2 atom stereocenters. The lowest BCUT2D eigenvalue weighted by molar-refractivity contribution is -0.126.